The fourth-order valence-electron chi connectivity index (χ4n) is 1.83. The van der Waals surface area contributed by atoms with Gasteiger partial charge in [-0.2, -0.15) is 0 Å². The molecule has 1 fully saturated rings. The summed E-state index contributed by atoms with van der Waals surface area (Å²) in [5, 5.41) is 0. The molecule has 0 saturated carbocycles. The van der Waals surface area contributed by atoms with E-state index in [1.165, 1.54) is 6.33 Å². The molecule has 2 rings (SSSR count). The van der Waals surface area contributed by atoms with Crippen LogP contribution < -0.4 is 10.6 Å². The van der Waals surface area contributed by atoms with E-state index in [1.54, 1.807) is 6.92 Å². The van der Waals surface area contributed by atoms with Crippen LogP contribution in [0.1, 0.15) is 12.6 Å². The summed E-state index contributed by atoms with van der Waals surface area (Å²) in [4.78, 5) is 9.67. The van der Waals surface area contributed by atoms with Crippen LogP contribution in [0.2, 0.25) is 0 Å². The van der Waals surface area contributed by atoms with Gasteiger partial charge in [-0.15, -0.1) is 0 Å². The number of nitrogens with two attached hydrogens (primary N) is 1. The molecule has 1 aliphatic rings. The SMILES string of the molecule is Cc1ncnc(N2CC(C)C(N)C2)c1F. The largest absolute Gasteiger partial charge is 0.352 e. The fourth-order valence-corrected chi connectivity index (χ4v) is 1.83. The van der Waals surface area contributed by atoms with Crippen molar-refractivity contribution >= 4 is 5.82 Å². The maximum absolute atomic E-state index is 13.7. The third-order valence-corrected chi connectivity index (χ3v) is 2.92. The lowest BCUT2D eigenvalue weighted by Gasteiger charge is -2.17. The third kappa shape index (κ3) is 1.79. The molecule has 1 aliphatic heterocycles. The summed E-state index contributed by atoms with van der Waals surface area (Å²) in [7, 11) is 0. The quantitative estimate of drug-likeness (QED) is 0.741. The van der Waals surface area contributed by atoms with Crippen molar-refractivity contribution in [2.45, 2.75) is 19.9 Å². The molecule has 1 saturated heterocycles. The first-order chi connectivity index (χ1) is 7.09. The number of halogens is 1. The summed E-state index contributed by atoms with van der Waals surface area (Å²) in [6.45, 7) is 5.12. The molecule has 0 bridgehead atoms. The topological polar surface area (TPSA) is 55.0 Å². The highest BCUT2D eigenvalue weighted by atomic mass is 19.1. The molecule has 2 heterocycles. The monoisotopic (exact) mass is 210 g/mol. The van der Waals surface area contributed by atoms with Crippen molar-refractivity contribution in [1.82, 2.24) is 9.97 Å². The number of hydrogen-bond donors (Lipinski definition) is 1. The molecular weight excluding hydrogens is 195 g/mol. The molecule has 0 spiro atoms. The second-order valence-electron chi connectivity index (χ2n) is 4.14. The minimum absolute atomic E-state index is 0.0969. The molecule has 0 amide bonds. The van der Waals surface area contributed by atoms with E-state index in [-0.39, 0.29) is 11.9 Å². The predicted octanol–water partition coefficient (Wildman–Crippen LogP) is 0.708. The van der Waals surface area contributed by atoms with Crippen molar-refractivity contribution in [2.75, 3.05) is 18.0 Å². The highest BCUT2D eigenvalue weighted by Gasteiger charge is 2.29. The van der Waals surface area contributed by atoms with Crippen LogP contribution in [0.4, 0.5) is 10.2 Å². The van der Waals surface area contributed by atoms with Crippen molar-refractivity contribution < 1.29 is 4.39 Å². The van der Waals surface area contributed by atoms with Crippen molar-refractivity contribution in [3.05, 3.63) is 17.8 Å². The Kier molecular flexibility index (Phi) is 2.56. The Balaban J connectivity index is 2.27. The zero-order chi connectivity index (χ0) is 11.0. The summed E-state index contributed by atoms with van der Waals surface area (Å²) in [6.07, 6.45) is 1.39. The number of aromatic nitrogens is 2. The summed E-state index contributed by atoms with van der Waals surface area (Å²) in [5.74, 6) is 0.417. The lowest BCUT2D eigenvalue weighted by atomic mass is 10.1. The number of rotatable bonds is 1. The smallest absolute Gasteiger partial charge is 0.186 e. The van der Waals surface area contributed by atoms with Gasteiger partial charge in [0.1, 0.15) is 6.33 Å². The summed E-state index contributed by atoms with van der Waals surface area (Å²) >= 11 is 0. The maximum Gasteiger partial charge on any atom is 0.186 e. The molecule has 5 heteroatoms. The van der Waals surface area contributed by atoms with Crippen LogP contribution in [0.3, 0.4) is 0 Å². The Morgan fingerprint density at radius 2 is 2.20 bits per heavy atom. The highest BCUT2D eigenvalue weighted by molar-refractivity contribution is 5.42. The summed E-state index contributed by atoms with van der Waals surface area (Å²) in [5.41, 5.74) is 6.27. The van der Waals surface area contributed by atoms with Gasteiger partial charge < -0.3 is 10.6 Å². The molecule has 1 aromatic rings. The van der Waals surface area contributed by atoms with E-state index in [9.17, 15) is 4.39 Å². The number of nitrogens with zero attached hydrogens (tertiary/aromatic N) is 3. The van der Waals surface area contributed by atoms with Crippen LogP contribution in [0.5, 0.6) is 0 Å². The van der Waals surface area contributed by atoms with Crippen LogP contribution in [0, 0.1) is 18.7 Å². The van der Waals surface area contributed by atoms with Crippen LogP contribution >= 0.6 is 0 Å². The van der Waals surface area contributed by atoms with E-state index in [0.717, 1.165) is 6.54 Å². The molecule has 1 aromatic heterocycles. The van der Waals surface area contributed by atoms with Gasteiger partial charge in [-0.1, -0.05) is 6.92 Å². The minimum atomic E-state index is -0.334. The lowest BCUT2D eigenvalue weighted by molar-refractivity contribution is 0.565. The lowest BCUT2D eigenvalue weighted by Crippen LogP contribution is -2.29. The minimum Gasteiger partial charge on any atom is -0.352 e. The average Bonchev–Trinajstić information content (AvgIpc) is 2.51. The Morgan fingerprint density at radius 1 is 1.47 bits per heavy atom. The normalized spacial score (nSPS) is 26.0. The van der Waals surface area contributed by atoms with Crippen molar-refractivity contribution in [1.29, 1.82) is 0 Å². The zero-order valence-electron chi connectivity index (χ0n) is 8.94. The second-order valence-corrected chi connectivity index (χ2v) is 4.14. The van der Waals surface area contributed by atoms with E-state index >= 15 is 0 Å². The third-order valence-electron chi connectivity index (χ3n) is 2.92. The molecule has 0 radical (unpaired) electrons. The Morgan fingerprint density at radius 3 is 2.80 bits per heavy atom. The van der Waals surface area contributed by atoms with E-state index in [1.807, 2.05) is 4.90 Å². The molecule has 0 aromatic carbocycles. The first kappa shape index (κ1) is 10.3. The van der Waals surface area contributed by atoms with Gasteiger partial charge >= 0.3 is 0 Å². The molecule has 2 unspecified atom stereocenters. The predicted molar refractivity (Wildman–Crippen MR) is 56.1 cm³/mol. The molecule has 2 N–H and O–H groups in total. The average molecular weight is 210 g/mol. The molecule has 2 atom stereocenters. The second kappa shape index (κ2) is 3.73. The number of anilines is 1. The van der Waals surface area contributed by atoms with Gasteiger partial charge in [0.05, 0.1) is 5.69 Å². The van der Waals surface area contributed by atoms with Crippen molar-refractivity contribution in [3.63, 3.8) is 0 Å². The zero-order valence-corrected chi connectivity index (χ0v) is 8.94. The van der Waals surface area contributed by atoms with Gasteiger partial charge in [0.25, 0.3) is 0 Å². The first-order valence-electron chi connectivity index (χ1n) is 5.07. The molecule has 4 nitrogen and oxygen atoms in total. The van der Waals surface area contributed by atoms with Gasteiger partial charge in [-0.05, 0) is 12.8 Å². The Labute approximate surface area is 88.3 Å². The van der Waals surface area contributed by atoms with Crippen LogP contribution in [-0.4, -0.2) is 29.1 Å². The summed E-state index contributed by atoms with van der Waals surface area (Å²) < 4.78 is 13.7. The van der Waals surface area contributed by atoms with Gasteiger partial charge in [-0.3, -0.25) is 0 Å². The highest BCUT2D eigenvalue weighted by Crippen LogP contribution is 2.23. The van der Waals surface area contributed by atoms with E-state index in [4.69, 9.17) is 5.73 Å². The fraction of sp³-hybridized carbons (Fsp3) is 0.600. The van der Waals surface area contributed by atoms with Gasteiger partial charge in [0.2, 0.25) is 0 Å². The Bertz CT molecular complexity index is 358. The van der Waals surface area contributed by atoms with Gasteiger partial charge in [0, 0.05) is 19.1 Å². The standard InChI is InChI=1S/C10H15FN4/c1-6-3-15(4-8(6)12)10-9(11)7(2)13-5-14-10/h5-6,8H,3-4,12H2,1-2H3. The Hall–Kier alpha value is -1.23. The van der Waals surface area contributed by atoms with E-state index < -0.39 is 0 Å². The number of hydrogen-bond acceptors (Lipinski definition) is 4. The molecule has 82 valence electrons. The summed E-state index contributed by atoms with van der Waals surface area (Å²) in [6, 6.07) is 0.0969. The maximum atomic E-state index is 13.7. The van der Waals surface area contributed by atoms with Gasteiger partial charge in [0.15, 0.2) is 11.6 Å². The van der Waals surface area contributed by atoms with Crippen LogP contribution in [0.15, 0.2) is 6.33 Å². The van der Waals surface area contributed by atoms with Crippen molar-refractivity contribution in [3.8, 4) is 0 Å². The molecular formula is C10H15FN4. The van der Waals surface area contributed by atoms with E-state index in [0.29, 0.717) is 24.0 Å². The van der Waals surface area contributed by atoms with Gasteiger partial charge in [-0.25, -0.2) is 14.4 Å². The molecule has 15 heavy (non-hydrogen) atoms. The molecule has 0 aliphatic carbocycles. The van der Waals surface area contributed by atoms with Crippen LogP contribution in [0.25, 0.3) is 0 Å². The first-order valence-corrected chi connectivity index (χ1v) is 5.07. The van der Waals surface area contributed by atoms with Crippen molar-refractivity contribution in [2.24, 2.45) is 11.7 Å². The van der Waals surface area contributed by atoms with Crippen LogP contribution in [-0.2, 0) is 0 Å². The number of aryl methyl sites for hydroxylation is 1. The van der Waals surface area contributed by atoms with E-state index in [2.05, 4.69) is 16.9 Å².